The molecule has 0 saturated heterocycles. The normalized spacial score (nSPS) is 10.9. The van der Waals surface area contributed by atoms with Crippen molar-refractivity contribution in [2.45, 2.75) is 6.18 Å². The molecule has 10 heteroatoms. The second-order valence-electron chi connectivity index (χ2n) is 4.13. The van der Waals surface area contributed by atoms with Crippen LogP contribution in [0.25, 0.3) is 0 Å². The molecule has 0 aliphatic carbocycles. The fraction of sp³-hybridized carbons (Fsp3) is 0.700. The van der Waals surface area contributed by atoms with Gasteiger partial charge in [0.25, 0.3) is 0 Å². The average molecular weight is 298 g/mol. The highest BCUT2D eigenvalue weighted by atomic mass is 19.4. The summed E-state index contributed by atoms with van der Waals surface area (Å²) >= 11 is 0. The number of nitrogens with two attached hydrogens (primary N) is 1. The van der Waals surface area contributed by atoms with Crippen LogP contribution in [-0.4, -0.2) is 74.0 Å². The molecule has 0 rings (SSSR count). The summed E-state index contributed by atoms with van der Waals surface area (Å²) in [4.78, 5) is 35.2. The molecular formula is C10H17F3N4O3. The number of likely N-dealkylation sites (N-methyl/N-ethyl adjacent to an activating group) is 1. The van der Waals surface area contributed by atoms with E-state index in [1.807, 2.05) is 0 Å². The lowest BCUT2D eigenvalue weighted by Gasteiger charge is -2.25. The zero-order chi connectivity index (χ0) is 15.9. The predicted molar refractivity (Wildman–Crippen MR) is 63.4 cm³/mol. The second-order valence-corrected chi connectivity index (χ2v) is 4.13. The zero-order valence-corrected chi connectivity index (χ0v) is 11.2. The van der Waals surface area contributed by atoms with Gasteiger partial charge in [-0.2, -0.15) is 13.2 Å². The molecule has 0 unspecified atom stereocenters. The van der Waals surface area contributed by atoms with Crippen LogP contribution < -0.4 is 11.1 Å². The lowest BCUT2D eigenvalue weighted by molar-refractivity contribution is -0.163. The van der Waals surface area contributed by atoms with Crippen LogP contribution in [-0.2, 0) is 14.4 Å². The average Bonchev–Trinajstić information content (AvgIpc) is 2.32. The first kappa shape index (κ1) is 18.2. The number of hydrogen-bond acceptors (Lipinski definition) is 4. The molecular weight excluding hydrogens is 281 g/mol. The minimum Gasteiger partial charge on any atom is -0.347 e. The number of alkyl halides is 3. The van der Waals surface area contributed by atoms with E-state index in [0.29, 0.717) is 4.90 Å². The molecule has 0 bridgehead atoms. The third-order valence-electron chi connectivity index (χ3n) is 2.17. The number of nitrogens with zero attached hydrogens (tertiary/aromatic N) is 2. The van der Waals surface area contributed by atoms with Gasteiger partial charge in [-0.1, -0.05) is 0 Å². The van der Waals surface area contributed by atoms with Crippen molar-refractivity contribution >= 4 is 17.7 Å². The molecule has 0 aromatic rings. The maximum Gasteiger partial charge on any atom is 0.406 e. The molecule has 0 radical (unpaired) electrons. The van der Waals surface area contributed by atoms with E-state index >= 15 is 0 Å². The van der Waals surface area contributed by atoms with Crippen LogP contribution in [0, 0.1) is 0 Å². The summed E-state index contributed by atoms with van der Waals surface area (Å²) < 4.78 is 37.1. The van der Waals surface area contributed by atoms with Gasteiger partial charge in [0.2, 0.25) is 17.7 Å². The lowest BCUT2D eigenvalue weighted by atomic mass is 10.4. The number of nitrogens with one attached hydrogen (secondary N) is 1. The summed E-state index contributed by atoms with van der Waals surface area (Å²) in [6.07, 6.45) is -4.64. The Morgan fingerprint density at radius 2 is 1.70 bits per heavy atom. The minimum atomic E-state index is -4.64. The van der Waals surface area contributed by atoms with E-state index in [1.54, 1.807) is 0 Å². The van der Waals surface area contributed by atoms with E-state index in [0.717, 1.165) is 4.90 Å². The first-order valence-electron chi connectivity index (χ1n) is 5.58. The Kier molecular flexibility index (Phi) is 6.97. The number of carbonyl (C=O) groups excluding carboxylic acids is 3. The molecule has 0 aliphatic rings. The maximum atomic E-state index is 12.4. The maximum absolute atomic E-state index is 12.4. The van der Waals surface area contributed by atoms with Gasteiger partial charge in [0.15, 0.2) is 0 Å². The molecule has 0 aromatic heterocycles. The number of rotatable bonds is 6. The highest BCUT2D eigenvalue weighted by Gasteiger charge is 2.34. The van der Waals surface area contributed by atoms with Crippen LogP contribution in [0.1, 0.15) is 0 Å². The van der Waals surface area contributed by atoms with Crippen molar-refractivity contribution in [1.82, 2.24) is 15.1 Å². The Bertz CT molecular complexity index is 371. The SMILES string of the molecule is CN(C)C(=O)CN(CC(F)(F)F)C(=O)CNC(=O)CN. The van der Waals surface area contributed by atoms with E-state index in [1.165, 1.54) is 14.1 Å². The van der Waals surface area contributed by atoms with Gasteiger partial charge in [0, 0.05) is 14.1 Å². The summed E-state index contributed by atoms with van der Waals surface area (Å²) in [5, 5.41) is 2.05. The van der Waals surface area contributed by atoms with Crippen molar-refractivity contribution in [2.24, 2.45) is 5.73 Å². The van der Waals surface area contributed by atoms with E-state index in [2.05, 4.69) is 5.32 Å². The smallest absolute Gasteiger partial charge is 0.347 e. The van der Waals surface area contributed by atoms with Crippen LogP contribution in [0.2, 0.25) is 0 Å². The fourth-order valence-corrected chi connectivity index (χ4v) is 1.11. The van der Waals surface area contributed by atoms with Crippen LogP contribution in [0.15, 0.2) is 0 Å². The zero-order valence-electron chi connectivity index (χ0n) is 11.2. The van der Waals surface area contributed by atoms with E-state index in [9.17, 15) is 27.6 Å². The van der Waals surface area contributed by atoms with Crippen molar-refractivity contribution in [3.63, 3.8) is 0 Å². The van der Waals surface area contributed by atoms with Crippen molar-refractivity contribution < 1.29 is 27.6 Å². The van der Waals surface area contributed by atoms with E-state index in [4.69, 9.17) is 5.73 Å². The molecule has 0 saturated carbocycles. The van der Waals surface area contributed by atoms with Gasteiger partial charge in [-0.15, -0.1) is 0 Å². The number of hydrogen-bond donors (Lipinski definition) is 2. The Balaban J connectivity index is 4.70. The van der Waals surface area contributed by atoms with Crippen molar-refractivity contribution in [3.8, 4) is 0 Å². The minimum absolute atomic E-state index is 0.332. The molecule has 3 N–H and O–H groups in total. The molecule has 116 valence electrons. The van der Waals surface area contributed by atoms with Gasteiger partial charge in [0.1, 0.15) is 13.1 Å². The lowest BCUT2D eigenvalue weighted by Crippen LogP contribution is -2.48. The summed E-state index contributed by atoms with van der Waals surface area (Å²) in [6, 6.07) is 0. The summed E-state index contributed by atoms with van der Waals surface area (Å²) in [5.41, 5.74) is 4.98. The number of amides is 3. The van der Waals surface area contributed by atoms with Crippen LogP contribution in [0.5, 0.6) is 0 Å². The molecule has 0 aromatic carbocycles. The van der Waals surface area contributed by atoms with E-state index in [-0.39, 0.29) is 6.54 Å². The molecule has 3 amide bonds. The molecule has 20 heavy (non-hydrogen) atoms. The van der Waals surface area contributed by atoms with Gasteiger partial charge >= 0.3 is 6.18 Å². The number of halogens is 3. The van der Waals surface area contributed by atoms with Crippen molar-refractivity contribution in [1.29, 1.82) is 0 Å². The highest BCUT2D eigenvalue weighted by Crippen LogP contribution is 2.16. The van der Waals surface area contributed by atoms with Crippen molar-refractivity contribution in [3.05, 3.63) is 0 Å². The Morgan fingerprint density at radius 3 is 2.10 bits per heavy atom. The Hall–Kier alpha value is -1.84. The van der Waals surface area contributed by atoms with E-state index < -0.39 is 43.5 Å². The van der Waals surface area contributed by atoms with Gasteiger partial charge in [0.05, 0.1) is 13.1 Å². The largest absolute Gasteiger partial charge is 0.406 e. The van der Waals surface area contributed by atoms with Crippen LogP contribution in [0.4, 0.5) is 13.2 Å². The van der Waals surface area contributed by atoms with Gasteiger partial charge in [-0.05, 0) is 0 Å². The Morgan fingerprint density at radius 1 is 1.15 bits per heavy atom. The monoisotopic (exact) mass is 298 g/mol. The van der Waals surface area contributed by atoms with Gasteiger partial charge in [-0.3, -0.25) is 14.4 Å². The topological polar surface area (TPSA) is 95.7 Å². The molecule has 7 nitrogen and oxygen atoms in total. The predicted octanol–water partition coefficient (Wildman–Crippen LogP) is -1.46. The summed E-state index contributed by atoms with van der Waals surface area (Å²) in [7, 11) is 2.71. The second kappa shape index (κ2) is 7.68. The third kappa shape index (κ3) is 7.56. The Labute approximate surface area is 113 Å². The standard InChI is InChI=1S/C10H17F3N4O3/c1-16(2)9(20)5-17(6-10(11,12)13)8(19)4-15-7(18)3-14/h3-6,14H2,1-2H3,(H,15,18). The summed E-state index contributed by atoms with van der Waals surface area (Å²) in [5.74, 6) is -2.35. The molecule has 0 fully saturated rings. The third-order valence-corrected chi connectivity index (χ3v) is 2.17. The van der Waals surface area contributed by atoms with Gasteiger partial charge < -0.3 is 20.9 Å². The highest BCUT2D eigenvalue weighted by molar-refractivity contribution is 5.88. The first-order chi connectivity index (χ1) is 9.06. The quantitative estimate of drug-likeness (QED) is 0.626. The molecule has 0 atom stereocenters. The first-order valence-corrected chi connectivity index (χ1v) is 5.58. The van der Waals surface area contributed by atoms with Crippen LogP contribution in [0.3, 0.4) is 0 Å². The van der Waals surface area contributed by atoms with Crippen LogP contribution >= 0.6 is 0 Å². The molecule has 0 aliphatic heterocycles. The summed E-state index contributed by atoms with van der Waals surface area (Å²) in [6.45, 7) is -3.32. The van der Waals surface area contributed by atoms with Crippen molar-refractivity contribution in [2.75, 3.05) is 40.3 Å². The van der Waals surface area contributed by atoms with Gasteiger partial charge in [-0.25, -0.2) is 0 Å². The fourth-order valence-electron chi connectivity index (χ4n) is 1.11. The number of carbonyl (C=O) groups is 3. The molecule has 0 spiro atoms. The molecule has 0 heterocycles.